The smallest absolute Gasteiger partial charge is 0.309 e. The van der Waals surface area contributed by atoms with Crippen LogP contribution in [0.4, 0.5) is 4.39 Å². The van der Waals surface area contributed by atoms with Crippen molar-refractivity contribution in [2.24, 2.45) is 5.73 Å². The molecule has 1 atom stereocenters. The average molecular weight is 424 g/mol. The summed E-state index contributed by atoms with van der Waals surface area (Å²) < 4.78 is 45.3. The maximum Gasteiger partial charge on any atom is 0.309 e. The second-order valence-corrected chi connectivity index (χ2v) is 8.98. The van der Waals surface area contributed by atoms with Gasteiger partial charge < -0.3 is 10.2 Å². The van der Waals surface area contributed by atoms with Gasteiger partial charge in [-0.2, -0.15) is 0 Å². The van der Waals surface area contributed by atoms with Crippen molar-refractivity contribution < 1.29 is 22.0 Å². The second kappa shape index (κ2) is 7.78. The normalized spacial score (nSPS) is 15.0. The van der Waals surface area contributed by atoms with Gasteiger partial charge in [0.1, 0.15) is 11.6 Å². The molecule has 0 saturated heterocycles. The number of amides is 1. The molecule has 3 rings (SSSR count). The Labute approximate surface area is 167 Å². The third kappa shape index (κ3) is 4.36. The average Bonchev–Trinajstić information content (AvgIpc) is 3.40. The molecule has 2 aromatic rings. The number of rotatable bonds is 6. The molecule has 0 aliphatic heterocycles. The Morgan fingerprint density at radius 2 is 2.00 bits per heavy atom. The Balaban J connectivity index is 1.92. The molecule has 2 aromatic heterocycles. The molecular formula is C17H21FN6O4S. The molecule has 0 spiro atoms. The van der Waals surface area contributed by atoms with Crippen LogP contribution >= 0.6 is 0 Å². The molecule has 0 radical (unpaired) electrons. The number of hydrogen-bond donors (Lipinski definition) is 2. The minimum absolute atomic E-state index is 0.0506. The zero-order valence-electron chi connectivity index (χ0n) is 15.9. The Morgan fingerprint density at radius 1 is 1.38 bits per heavy atom. The van der Waals surface area contributed by atoms with E-state index < -0.39 is 39.0 Å². The number of furan rings is 1. The van der Waals surface area contributed by atoms with Gasteiger partial charge in [0.05, 0.1) is 23.7 Å². The van der Waals surface area contributed by atoms with E-state index in [9.17, 15) is 17.6 Å². The Bertz CT molecular complexity index is 1020. The van der Waals surface area contributed by atoms with Crippen LogP contribution in [0.25, 0.3) is 0 Å². The van der Waals surface area contributed by atoms with E-state index in [0.29, 0.717) is 23.0 Å². The third-order valence-corrected chi connectivity index (χ3v) is 6.39. The van der Waals surface area contributed by atoms with E-state index in [1.165, 1.54) is 13.0 Å². The highest BCUT2D eigenvalue weighted by Crippen LogP contribution is 2.32. The zero-order chi connectivity index (χ0) is 21.3. The number of carbonyl (C=O) groups is 1. The Morgan fingerprint density at radius 3 is 2.48 bits per heavy atom. The van der Waals surface area contributed by atoms with Crippen molar-refractivity contribution in [1.82, 2.24) is 19.4 Å². The summed E-state index contributed by atoms with van der Waals surface area (Å²) in [6.07, 6.45) is 2.85. The standard InChI is InChI=1S/C17H21FN6O4S/c1-10-3-6-14(28-10)16(25)23(13-4-5-13)24(17(19)20)29(26,27)11(2)7-15-21-8-12(18)9-22-15/h3,6,8-9,11,13H,4-5,7H2,1-2H3,(H3,19,20)/t11-/m1/s1. The number of guanidine groups is 1. The highest BCUT2D eigenvalue weighted by atomic mass is 32.2. The monoisotopic (exact) mass is 424 g/mol. The topological polar surface area (TPSA) is 146 Å². The number of nitrogens with one attached hydrogen (secondary N) is 1. The minimum atomic E-state index is -4.29. The number of carbonyl (C=O) groups excluding carboxylic acids is 1. The van der Waals surface area contributed by atoms with Crippen molar-refractivity contribution >= 4 is 21.9 Å². The first kappa shape index (κ1) is 20.7. The van der Waals surface area contributed by atoms with Gasteiger partial charge in [-0.05, 0) is 38.8 Å². The van der Waals surface area contributed by atoms with Gasteiger partial charge >= 0.3 is 5.91 Å². The Kier molecular flexibility index (Phi) is 5.55. The molecule has 3 N–H and O–H groups in total. The fraction of sp³-hybridized carbons (Fsp3) is 0.412. The lowest BCUT2D eigenvalue weighted by molar-refractivity contribution is 0.0465. The molecule has 156 valence electrons. The van der Waals surface area contributed by atoms with Gasteiger partial charge in [0, 0.05) is 6.42 Å². The van der Waals surface area contributed by atoms with Gasteiger partial charge in [-0.15, -0.1) is 4.41 Å². The van der Waals surface area contributed by atoms with E-state index in [4.69, 9.17) is 15.6 Å². The van der Waals surface area contributed by atoms with E-state index in [1.807, 2.05) is 0 Å². The molecular weight excluding hydrogens is 403 g/mol. The fourth-order valence-electron chi connectivity index (χ4n) is 2.73. The predicted molar refractivity (Wildman–Crippen MR) is 100 cm³/mol. The van der Waals surface area contributed by atoms with Crippen LogP contribution in [0.1, 0.15) is 41.9 Å². The molecule has 1 saturated carbocycles. The quantitative estimate of drug-likeness (QED) is 0.402. The lowest BCUT2D eigenvalue weighted by Gasteiger charge is -2.35. The zero-order valence-corrected chi connectivity index (χ0v) is 16.7. The summed E-state index contributed by atoms with van der Waals surface area (Å²) in [6, 6.07) is 2.61. The van der Waals surface area contributed by atoms with Crippen LogP contribution in [-0.2, 0) is 16.4 Å². The van der Waals surface area contributed by atoms with Crippen LogP contribution in [0.5, 0.6) is 0 Å². The highest BCUT2D eigenvalue weighted by Gasteiger charge is 2.45. The number of aromatic nitrogens is 2. The molecule has 1 fully saturated rings. The first-order chi connectivity index (χ1) is 13.6. The summed E-state index contributed by atoms with van der Waals surface area (Å²) >= 11 is 0. The molecule has 29 heavy (non-hydrogen) atoms. The summed E-state index contributed by atoms with van der Waals surface area (Å²) in [6.45, 7) is 3.03. The van der Waals surface area contributed by atoms with Crippen molar-refractivity contribution in [2.45, 2.75) is 44.4 Å². The van der Waals surface area contributed by atoms with E-state index in [1.54, 1.807) is 13.0 Å². The number of nitrogens with two attached hydrogens (primary N) is 1. The van der Waals surface area contributed by atoms with Crippen molar-refractivity contribution in [3.8, 4) is 0 Å². The van der Waals surface area contributed by atoms with Crippen LogP contribution in [-0.4, -0.2) is 51.0 Å². The molecule has 1 aliphatic carbocycles. The molecule has 1 aliphatic rings. The molecule has 1 amide bonds. The summed E-state index contributed by atoms with van der Waals surface area (Å²) in [7, 11) is -4.29. The van der Waals surface area contributed by atoms with Gasteiger partial charge in [-0.1, -0.05) is 0 Å². The van der Waals surface area contributed by atoms with Crippen LogP contribution in [0, 0.1) is 18.2 Å². The van der Waals surface area contributed by atoms with E-state index in [2.05, 4.69) is 9.97 Å². The van der Waals surface area contributed by atoms with Crippen LogP contribution in [0.15, 0.2) is 28.9 Å². The van der Waals surface area contributed by atoms with Gasteiger partial charge in [0.15, 0.2) is 11.6 Å². The lowest BCUT2D eigenvalue weighted by atomic mass is 10.3. The van der Waals surface area contributed by atoms with Crippen molar-refractivity contribution in [3.63, 3.8) is 0 Å². The molecule has 0 bridgehead atoms. The summed E-state index contributed by atoms with van der Waals surface area (Å²) in [5.41, 5.74) is 5.59. The Hall–Kier alpha value is -3.02. The largest absolute Gasteiger partial charge is 0.456 e. The van der Waals surface area contributed by atoms with Crippen LogP contribution in [0.2, 0.25) is 0 Å². The molecule has 12 heteroatoms. The fourth-order valence-corrected chi connectivity index (χ4v) is 4.16. The van der Waals surface area contributed by atoms with E-state index in [-0.39, 0.29) is 18.0 Å². The maximum absolute atomic E-state index is 13.2. The summed E-state index contributed by atoms with van der Waals surface area (Å²) in [4.78, 5) is 20.5. The van der Waals surface area contributed by atoms with E-state index in [0.717, 1.165) is 17.4 Å². The number of sulfonamides is 1. The summed E-state index contributed by atoms with van der Waals surface area (Å²) in [5, 5.41) is 7.66. The lowest BCUT2D eigenvalue weighted by Crippen LogP contribution is -2.58. The number of halogens is 1. The van der Waals surface area contributed by atoms with Gasteiger partial charge in [-0.25, -0.2) is 27.8 Å². The third-order valence-electron chi connectivity index (χ3n) is 4.35. The number of hydrazine groups is 1. The van der Waals surface area contributed by atoms with Crippen molar-refractivity contribution in [2.75, 3.05) is 0 Å². The molecule has 0 aromatic carbocycles. The van der Waals surface area contributed by atoms with Crippen LogP contribution < -0.4 is 5.73 Å². The van der Waals surface area contributed by atoms with Gasteiger partial charge in [0.25, 0.3) is 10.0 Å². The van der Waals surface area contributed by atoms with Crippen molar-refractivity contribution in [3.05, 3.63) is 47.7 Å². The van der Waals surface area contributed by atoms with Crippen LogP contribution in [0.3, 0.4) is 0 Å². The molecule has 10 nitrogen and oxygen atoms in total. The van der Waals surface area contributed by atoms with E-state index >= 15 is 0 Å². The van der Waals surface area contributed by atoms with Crippen molar-refractivity contribution in [1.29, 1.82) is 5.41 Å². The van der Waals surface area contributed by atoms with Gasteiger partial charge in [-0.3, -0.25) is 10.2 Å². The highest BCUT2D eigenvalue weighted by molar-refractivity contribution is 7.90. The molecule has 0 unspecified atom stereocenters. The number of hydrogen-bond acceptors (Lipinski definition) is 7. The van der Waals surface area contributed by atoms with Gasteiger partial charge in [0.2, 0.25) is 5.96 Å². The number of nitrogens with zero attached hydrogens (tertiary/aromatic N) is 4. The second-order valence-electron chi connectivity index (χ2n) is 6.80. The summed E-state index contributed by atoms with van der Waals surface area (Å²) in [5.74, 6) is -1.62. The SMILES string of the molecule is Cc1ccc(C(=O)N(C2CC2)N(C(=N)N)S(=O)(=O)[C@H](C)Cc2ncc(F)cn2)o1. The minimum Gasteiger partial charge on any atom is -0.456 e. The maximum atomic E-state index is 13.2. The predicted octanol–water partition coefficient (Wildman–Crippen LogP) is 1.19. The number of aryl methyl sites for hydroxylation is 1. The first-order valence-corrected chi connectivity index (χ1v) is 10.4. The molecule has 2 heterocycles. The first-order valence-electron chi connectivity index (χ1n) is 8.85.